The van der Waals surface area contributed by atoms with E-state index in [9.17, 15) is 8.42 Å². The molecule has 7 heteroatoms. The molecule has 1 aromatic heterocycles. The standard InChI is InChI=1S/C13H15ClN2O3S/c1-8-12(7-15)13(9(2)19-8)20(17,18)16-11-5-3-4-10(14)6-11/h3-6,16H,7,15H2,1-2H3. The van der Waals surface area contributed by atoms with Crippen LogP contribution in [0.25, 0.3) is 0 Å². The number of nitrogens with one attached hydrogen (secondary N) is 1. The van der Waals surface area contributed by atoms with Gasteiger partial charge in [-0.1, -0.05) is 17.7 Å². The molecular formula is C13H15ClN2O3S. The zero-order chi connectivity index (χ0) is 14.9. The Morgan fingerprint density at radius 2 is 2.00 bits per heavy atom. The van der Waals surface area contributed by atoms with Gasteiger partial charge in [-0.2, -0.15) is 0 Å². The number of aryl methyl sites for hydroxylation is 2. The monoisotopic (exact) mass is 314 g/mol. The summed E-state index contributed by atoms with van der Waals surface area (Å²) in [5, 5.41) is 0.448. The van der Waals surface area contributed by atoms with Crippen molar-refractivity contribution in [1.29, 1.82) is 0 Å². The number of furan rings is 1. The lowest BCUT2D eigenvalue weighted by Crippen LogP contribution is -2.16. The third-order valence-corrected chi connectivity index (χ3v) is 4.69. The van der Waals surface area contributed by atoms with E-state index in [1.165, 1.54) is 6.07 Å². The molecule has 0 fully saturated rings. The van der Waals surface area contributed by atoms with Gasteiger partial charge in [-0.05, 0) is 32.0 Å². The minimum absolute atomic E-state index is 0.0922. The molecule has 0 amide bonds. The first-order valence-corrected chi connectivity index (χ1v) is 7.78. The first kappa shape index (κ1) is 14.9. The van der Waals surface area contributed by atoms with Crippen LogP contribution in [0, 0.1) is 13.8 Å². The van der Waals surface area contributed by atoms with Crippen LogP contribution in [0.5, 0.6) is 0 Å². The van der Waals surface area contributed by atoms with Crippen molar-refractivity contribution in [3.05, 3.63) is 46.4 Å². The third kappa shape index (κ3) is 2.82. The molecule has 0 radical (unpaired) electrons. The molecule has 0 bridgehead atoms. The molecule has 0 unspecified atom stereocenters. The van der Waals surface area contributed by atoms with Crippen LogP contribution >= 0.6 is 11.6 Å². The Morgan fingerprint density at radius 1 is 1.30 bits per heavy atom. The van der Waals surface area contributed by atoms with Crippen molar-refractivity contribution in [2.45, 2.75) is 25.3 Å². The zero-order valence-electron chi connectivity index (χ0n) is 11.1. The molecule has 2 aromatic rings. The van der Waals surface area contributed by atoms with Crippen LogP contribution < -0.4 is 10.5 Å². The van der Waals surface area contributed by atoms with E-state index in [4.69, 9.17) is 21.8 Å². The molecule has 0 aliphatic carbocycles. The highest BCUT2D eigenvalue weighted by atomic mass is 35.5. The molecule has 0 aliphatic heterocycles. The van der Waals surface area contributed by atoms with Crippen molar-refractivity contribution in [2.24, 2.45) is 5.73 Å². The summed E-state index contributed by atoms with van der Waals surface area (Å²) in [6, 6.07) is 6.48. The van der Waals surface area contributed by atoms with Gasteiger partial charge < -0.3 is 10.2 Å². The van der Waals surface area contributed by atoms with Crippen LogP contribution in [0.3, 0.4) is 0 Å². The Morgan fingerprint density at radius 3 is 2.60 bits per heavy atom. The lowest BCUT2D eigenvalue weighted by Gasteiger charge is -2.09. The van der Waals surface area contributed by atoms with Crippen molar-refractivity contribution in [3.63, 3.8) is 0 Å². The molecular weight excluding hydrogens is 300 g/mol. The Kier molecular flexibility index (Phi) is 4.08. The summed E-state index contributed by atoms with van der Waals surface area (Å²) in [5.74, 6) is 0.828. The molecule has 0 spiro atoms. The number of nitrogens with two attached hydrogens (primary N) is 1. The van der Waals surface area contributed by atoms with E-state index in [2.05, 4.69) is 4.72 Å². The average molecular weight is 315 g/mol. The van der Waals surface area contributed by atoms with Gasteiger partial charge in [0.15, 0.2) is 0 Å². The first-order chi connectivity index (χ1) is 9.35. The van der Waals surface area contributed by atoms with Gasteiger partial charge in [0.25, 0.3) is 10.0 Å². The number of hydrogen-bond acceptors (Lipinski definition) is 4. The molecule has 1 aromatic carbocycles. The molecule has 0 aliphatic rings. The topological polar surface area (TPSA) is 85.3 Å². The Balaban J connectivity index is 2.46. The lowest BCUT2D eigenvalue weighted by atomic mass is 10.2. The minimum Gasteiger partial charge on any atom is -0.465 e. The number of benzene rings is 1. The predicted octanol–water partition coefficient (Wildman–Crippen LogP) is 2.81. The summed E-state index contributed by atoms with van der Waals surface area (Å²) in [5.41, 5.74) is 6.48. The van der Waals surface area contributed by atoms with E-state index < -0.39 is 10.0 Å². The number of rotatable bonds is 4. The van der Waals surface area contributed by atoms with E-state index in [-0.39, 0.29) is 11.4 Å². The first-order valence-electron chi connectivity index (χ1n) is 5.92. The van der Waals surface area contributed by atoms with Crippen LogP contribution in [0.2, 0.25) is 5.02 Å². The van der Waals surface area contributed by atoms with Gasteiger partial charge in [0, 0.05) is 17.1 Å². The summed E-state index contributed by atoms with van der Waals surface area (Å²) >= 11 is 5.84. The third-order valence-electron chi connectivity index (χ3n) is 2.87. The molecule has 3 N–H and O–H groups in total. The number of sulfonamides is 1. The smallest absolute Gasteiger partial charge is 0.265 e. The van der Waals surface area contributed by atoms with Gasteiger partial charge in [0.05, 0.1) is 5.69 Å². The minimum atomic E-state index is -3.77. The molecule has 0 atom stereocenters. The van der Waals surface area contributed by atoms with E-state index in [1.807, 2.05) is 0 Å². The molecule has 2 rings (SSSR count). The van der Waals surface area contributed by atoms with Gasteiger partial charge in [0.1, 0.15) is 16.4 Å². The van der Waals surface area contributed by atoms with Crippen molar-refractivity contribution in [1.82, 2.24) is 0 Å². The maximum absolute atomic E-state index is 12.5. The maximum atomic E-state index is 12.5. The maximum Gasteiger partial charge on any atom is 0.265 e. The van der Waals surface area contributed by atoms with Crippen molar-refractivity contribution in [2.75, 3.05) is 4.72 Å². The van der Waals surface area contributed by atoms with Crippen molar-refractivity contribution < 1.29 is 12.8 Å². The van der Waals surface area contributed by atoms with Crippen LogP contribution in [-0.2, 0) is 16.6 Å². The number of halogens is 1. The van der Waals surface area contributed by atoms with Crippen LogP contribution in [-0.4, -0.2) is 8.42 Å². The Labute approximate surface area is 122 Å². The van der Waals surface area contributed by atoms with Gasteiger partial charge in [-0.25, -0.2) is 8.42 Å². The van der Waals surface area contributed by atoms with Gasteiger partial charge in [-0.15, -0.1) is 0 Å². The molecule has 108 valence electrons. The summed E-state index contributed by atoms with van der Waals surface area (Å²) in [6.45, 7) is 3.38. The molecule has 1 heterocycles. The Hall–Kier alpha value is -1.50. The van der Waals surface area contributed by atoms with Crippen molar-refractivity contribution in [3.8, 4) is 0 Å². The van der Waals surface area contributed by atoms with Gasteiger partial charge >= 0.3 is 0 Å². The molecule has 20 heavy (non-hydrogen) atoms. The van der Waals surface area contributed by atoms with Crippen LogP contribution in [0.15, 0.2) is 33.6 Å². The average Bonchev–Trinajstić information content (AvgIpc) is 2.63. The highest BCUT2D eigenvalue weighted by Crippen LogP contribution is 2.28. The number of anilines is 1. The molecule has 5 nitrogen and oxygen atoms in total. The highest BCUT2D eigenvalue weighted by Gasteiger charge is 2.26. The van der Waals surface area contributed by atoms with E-state index in [0.717, 1.165) is 0 Å². The normalized spacial score (nSPS) is 11.6. The summed E-state index contributed by atoms with van der Waals surface area (Å²) < 4.78 is 32.7. The highest BCUT2D eigenvalue weighted by molar-refractivity contribution is 7.92. The fraction of sp³-hybridized carbons (Fsp3) is 0.231. The predicted molar refractivity (Wildman–Crippen MR) is 78.3 cm³/mol. The van der Waals surface area contributed by atoms with Crippen LogP contribution in [0.1, 0.15) is 17.1 Å². The summed E-state index contributed by atoms with van der Waals surface area (Å²) in [4.78, 5) is 0.0949. The number of hydrogen-bond donors (Lipinski definition) is 2. The van der Waals surface area contributed by atoms with E-state index in [1.54, 1.807) is 32.0 Å². The second kappa shape index (κ2) is 5.47. The van der Waals surface area contributed by atoms with E-state index >= 15 is 0 Å². The SMILES string of the molecule is Cc1oc(C)c(S(=O)(=O)Nc2cccc(Cl)c2)c1CN. The Bertz CT molecular complexity index is 738. The zero-order valence-corrected chi connectivity index (χ0v) is 12.7. The van der Waals surface area contributed by atoms with Gasteiger partial charge in [-0.3, -0.25) is 4.72 Å². The van der Waals surface area contributed by atoms with Gasteiger partial charge in [0.2, 0.25) is 0 Å². The van der Waals surface area contributed by atoms with Crippen LogP contribution in [0.4, 0.5) is 5.69 Å². The summed E-state index contributed by atoms with van der Waals surface area (Å²) in [6.07, 6.45) is 0. The lowest BCUT2D eigenvalue weighted by molar-refractivity contribution is 0.494. The van der Waals surface area contributed by atoms with Crippen molar-refractivity contribution >= 4 is 27.3 Å². The second-order valence-electron chi connectivity index (χ2n) is 4.34. The largest absolute Gasteiger partial charge is 0.465 e. The van der Waals surface area contributed by atoms with E-state index in [0.29, 0.717) is 27.8 Å². The molecule has 0 saturated heterocycles. The molecule has 0 saturated carbocycles. The fourth-order valence-corrected chi connectivity index (χ4v) is 3.76. The fourth-order valence-electron chi connectivity index (χ4n) is 2.06. The summed E-state index contributed by atoms with van der Waals surface area (Å²) in [7, 11) is -3.77. The quantitative estimate of drug-likeness (QED) is 0.908. The second-order valence-corrected chi connectivity index (χ2v) is 6.40.